The second-order valence-corrected chi connectivity index (χ2v) is 6.78. The summed E-state index contributed by atoms with van der Waals surface area (Å²) < 4.78 is 53.7. The van der Waals surface area contributed by atoms with Gasteiger partial charge in [-0.15, -0.1) is 0 Å². The molecule has 0 radical (unpaired) electrons. The van der Waals surface area contributed by atoms with Crippen molar-refractivity contribution in [3.63, 3.8) is 0 Å². The largest absolute Gasteiger partial charge is 0.426 e. The Hall–Kier alpha value is -2.42. The highest BCUT2D eigenvalue weighted by Crippen LogP contribution is 2.34. The van der Waals surface area contributed by atoms with Gasteiger partial charge in [0.05, 0.1) is 5.69 Å². The van der Waals surface area contributed by atoms with E-state index in [1.807, 2.05) is 0 Å². The normalized spacial score (nSPS) is 18.4. The van der Waals surface area contributed by atoms with E-state index in [4.69, 9.17) is 0 Å². The van der Waals surface area contributed by atoms with Crippen LogP contribution in [0.5, 0.6) is 0 Å². The van der Waals surface area contributed by atoms with Gasteiger partial charge in [-0.1, -0.05) is 6.07 Å². The van der Waals surface area contributed by atoms with E-state index < -0.39 is 23.5 Å². The number of amides is 1. The summed E-state index contributed by atoms with van der Waals surface area (Å²) in [6, 6.07) is 7.72. The van der Waals surface area contributed by atoms with Crippen LogP contribution in [0.4, 0.5) is 17.6 Å². The molecule has 1 aliphatic rings. The van der Waals surface area contributed by atoms with Crippen LogP contribution in [0.3, 0.4) is 0 Å². The number of piperidine rings is 1. The first-order chi connectivity index (χ1) is 12.6. The number of likely N-dealkylation sites (tertiary alicyclic amines) is 1. The molecule has 146 valence electrons. The number of alkyl halides is 3. The fraction of sp³-hybridized carbons (Fsp3) is 0.444. The fourth-order valence-corrected chi connectivity index (χ4v) is 3.25. The van der Waals surface area contributed by atoms with Gasteiger partial charge in [-0.2, -0.15) is 18.3 Å². The van der Waals surface area contributed by atoms with E-state index in [0.29, 0.717) is 25.5 Å². The lowest BCUT2D eigenvalue weighted by atomic mass is 9.92. The van der Waals surface area contributed by atoms with Crippen LogP contribution in [-0.4, -0.2) is 50.6 Å². The van der Waals surface area contributed by atoms with Crippen molar-refractivity contribution in [1.82, 2.24) is 14.7 Å². The molecule has 27 heavy (non-hydrogen) atoms. The molecule has 0 bridgehead atoms. The Morgan fingerprint density at radius 2 is 1.89 bits per heavy atom. The zero-order valence-electron chi connectivity index (χ0n) is 14.6. The predicted molar refractivity (Wildman–Crippen MR) is 88.8 cm³/mol. The molecule has 1 atom stereocenters. The molecular formula is C18H19F4N3O2. The topological polar surface area (TPSA) is 58.4 Å². The molecule has 1 N–H and O–H groups in total. The van der Waals surface area contributed by atoms with Crippen molar-refractivity contribution in [3.8, 4) is 5.69 Å². The zero-order valence-corrected chi connectivity index (χ0v) is 14.6. The number of carbonyl (C=O) groups excluding carboxylic acids is 1. The number of halogens is 4. The summed E-state index contributed by atoms with van der Waals surface area (Å²) >= 11 is 0. The Bertz CT molecular complexity index is 824. The number of benzene rings is 1. The van der Waals surface area contributed by atoms with Gasteiger partial charge in [-0.3, -0.25) is 4.79 Å². The molecule has 0 aliphatic carbocycles. The van der Waals surface area contributed by atoms with E-state index in [9.17, 15) is 27.5 Å². The summed E-state index contributed by atoms with van der Waals surface area (Å²) in [5, 5.41) is 13.8. The molecular weight excluding hydrogens is 366 g/mol. The van der Waals surface area contributed by atoms with E-state index in [1.165, 1.54) is 12.1 Å². The minimum Gasteiger partial charge on any atom is -0.373 e. The first-order valence-corrected chi connectivity index (χ1v) is 8.49. The first kappa shape index (κ1) is 19.3. The van der Waals surface area contributed by atoms with Crippen LogP contribution in [0.25, 0.3) is 5.69 Å². The molecule has 0 spiro atoms. The van der Waals surface area contributed by atoms with Gasteiger partial charge in [-0.05, 0) is 44.0 Å². The molecule has 1 aliphatic heterocycles. The molecule has 1 aromatic carbocycles. The zero-order chi connectivity index (χ0) is 19.8. The molecule has 1 fully saturated rings. The second kappa shape index (κ2) is 6.95. The predicted octanol–water partition coefficient (Wildman–Crippen LogP) is 3.03. The molecule has 1 aromatic heterocycles. The van der Waals surface area contributed by atoms with E-state index in [2.05, 4.69) is 5.10 Å². The van der Waals surface area contributed by atoms with Gasteiger partial charge < -0.3 is 10.0 Å². The fourth-order valence-electron chi connectivity index (χ4n) is 3.25. The Morgan fingerprint density at radius 1 is 1.22 bits per heavy atom. The van der Waals surface area contributed by atoms with Crippen molar-refractivity contribution >= 4 is 5.91 Å². The third-order valence-corrected chi connectivity index (χ3v) is 4.89. The van der Waals surface area contributed by atoms with E-state index >= 15 is 0 Å². The van der Waals surface area contributed by atoms with Crippen LogP contribution < -0.4 is 0 Å². The summed E-state index contributed by atoms with van der Waals surface area (Å²) in [6.45, 7) is 0.647. The molecule has 1 unspecified atom stereocenters. The smallest absolute Gasteiger partial charge is 0.373 e. The summed E-state index contributed by atoms with van der Waals surface area (Å²) in [5.41, 5.74) is -2.05. The van der Waals surface area contributed by atoms with Crippen LogP contribution in [0.15, 0.2) is 36.5 Å². The standard InChI is InChI=1S/C18H19F4N3O2/c1-17(27,18(20,21)22)16(26)24-9-6-12(7-10-24)15-5-8-23-25(15)14-4-2-3-13(19)11-14/h2-5,8,11-12,27H,6-7,9-10H2,1H3. The highest BCUT2D eigenvalue weighted by Gasteiger charge is 2.57. The van der Waals surface area contributed by atoms with Gasteiger partial charge in [-0.25, -0.2) is 9.07 Å². The van der Waals surface area contributed by atoms with E-state index in [0.717, 1.165) is 10.6 Å². The minimum atomic E-state index is -5.03. The summed E-state index contributed by atoms with van der Waals surface area (Å²) in [4.78, 5) is 13.1. The Balaban J connectivity index is 1.73. The van der Waals surface area contributed by atoms with Crippen molar-refractivity contribution < 1.29 is 27.5 Å². The van der Waals surface area contributed by atoms with Crippen molar-refractivity contribution in [2.24, 2.45) is 0 Å². The molecule has 3 rings (SSSR count). The molecule has 2 aromatic rings. The third-order valence-electron chi connectivity index (χ3n) is 4.89. The van der Waals surface area contributed by atoms with Crippen LogP contribution in [0.2, 0.25) is 0 Å². The van der Waals surface area contributed by atoms with Gasteiger partial charge in [0.25, 0.3) is 5.91 Å². The Kier molecular flexibility index (Phi) is 4.98. The molecule has 0 saturated carbocycles. The number of aromatic nitrogens is 2. The highest BCUT2D eigenvalue weighted by atomic mass is 19.4. The number of carbonyl (C=O) groups is 1. The molecule has 9 heteroatoms. The number of hydrogen-bond acceptors (Lipinski definition) is 3. The van der Waals surface area contributed by atoms with Gasteiger partial charge in [0.2, 0.25) is 5.60 Å². The van der Waals surface area contributed by atoms with Gasteiger partial charge in [0.15, 0.2) is 0 Å². The van der Waals surface area contributed by atoms with Crippen molar-refractivity contribution in [1.29, 1.82) is 0 Å². The van der Waals surface area contributed by atoms with Crippen LogP contribution in [0, 0.1) is 5.82 Å². The first-order valence-electron chi connectivity index (χ1n) is 8.49. The van der Waals surface area contributed by atoms with Crippen molar-refractivity contribution in [2.75, 3.05) is 13.1 Å². The van der Waals surface area contributed by atoms with Crippen LogP contribution in [-0.2, 0) is 4.79 Å². The SMILES string of the molecule is CC(O)(C(=O)N1CCC(c2ccnn2-c2cccc(F)c2)CC1)C(F)(F)F. The Morgan fingerprint density at radius 3 is 2.48 bits per heavy atom. The van der Waals surface area contributed by atoms with Crippen LogP contribution >= 0.6 is 0 Å². The lowest BCUT2D eigenvalue weighted by Crippen LogP contribution is -2.57. The van der Waals surface area contributed by atoms with Crippen molar-refractivity contribution in [2.45, 2.75) is 37.5 Å². The molecule has 2 heterocycles. The average Bonchev–Trinajstić information content (AvgIpc) is 3.10. The second-order valence-electron chi connectivity index (χ2n) is 6.78. The maximum absolute atomic E-state index is 13.5. The van der Waals surface area contributed by atoms with Crippen LogP contribution in [0.1, 0.15) is 31.4 Å². The monoisotopic (exact) mass is 385 g/mol. The van der Waals surface area contributed by atoms with Gasteiger partial charge >= 0.3 is 6.18 Å². The summed E-state index contributed by atoms with van der Waals surface area (Å²) in [7, 11) is 0. The van der Waals surface area contributed by atoms with E-state index in [1.54, 1.807) is 29.1 Å². The highest BCUT2D eigenvalue weighted by molar-refractivity contribution is 5.85. The molecule has 1 amide bonds. The Labute approximate surface area is 153 Å². The number of aliphatic hydroxyl groups is 1. The molecule has 1 saturated heterocycles. The lowest BCUT2D eigenvalue weighted by Gasteiger charge is -2.36. The quantitative estimate of drug-likeness (QED) is 0.827. The van der Waals surface area contributed by atoms with Crippen molar-refractivity contribution in [3.05, 3.63) is 48.0 Å². The maximum atomic E-state index is 13.5. The number of nitrogens with zero attached hydrogens (tertiary/aromatic N) is 3. The third kappa shape index (κ3) is 3.69. The van der Waals surface area contributed by atoms with E-state index in [-0.39, 0.29) is 19.0 Å². The lowest BCUT2D eigenvalue weighted by molar-refractivity contribution is -0.250. The number of hydrogen-bond donors (Lipinski definition) is 1. The maximum Gasteiger partial charge on any atom is 0.426 e. The van der Waals surface area contributed by atoms with Gasteiger partial charge in [0.1, 0.15) is 5.82 Å². The summed E-state index contributed by atoms with van der Waals surface area (Å²) in [6.07, 6.45) is -2.62. The number of rotatable bonds is 3. The van der Waals surface area contributed by atoms with Gasteiger partial charge in [0, 0.05) is 30.9 Å². The minimum absolute atomic E-state index is 0.0457. The molecule has 5 nitrogen and oxygen atoms in total. The summed E-state index contributed by atoms with van der Waals surface area (Å²) in [5.74, 6) is -1.79. The average molecular weight is 385 g/mol.